The molecule has 6 heteroatoms. The monoisotopic (exact) mass is 315 g/mol. The fourth-order valence-corrected chi connectivity index (χ4v) is 2.18. The highest BCUT2D eigenvalue weighted by Crippen LogP contribution is 2.22. The fraction of sp³-hybridized carbons (Fsp3) is 0.235. The Labute approximate surface area is 133 Å². The van der Waals surface area contributed by atoms with Gasteiger partial charge in [0.1, 0.15) is 12.4 Å². The second-order valence-corrected chi connectivity index (χ2v) is 5.15. The largest absolute Gasteiger partial charge is 0.496 e. The Morgan fingerprint density at radius 2 is 1.91 bits per heavy atom. The first-order chi connectivity index (χ1) is 10.9. The predicted molar refractivity (Wildman–Crippen MR) is 84.7 cm³/mol. The van der Waals surface area contributed by atoms with Crippen molar-refractivity contribution < 1.29 is 19.2 Å². The maximum Gasteiger partial charge on any atom is 0.338 e. The molecule has 2 aromatic carbocycles. The summed E-state index contributed by atoms with van der Waals surface area (Å²) in [6.07, 6.45) is 0. The first kappa shape index (κ1) is 16.5. The lowest BCUT2D eigenvalue weighted by Crippen LogP contribution is -2.07. The van der Waals surface area contributed by atoms with Crippen molar-refractivity contribution in [3.05, 3.63) is 68.8 Å². The first-order valence-corrected chi connectivity index (χ1v) is 6.98. The van der Waals surface area contributed by atoms with Crippen LogP contribution in [0.25, 0.3) is 0 Å². The second-order valence-electron chi connectivity index (χ2n) is 5.15. The van der Waals surface area contributed by atoms with Crippen molar-refractivity contribution in [1.82, 2.24) is 0 Å². The summed E-state index contributed by atoms with van der Waals surface area (Å²) in [5, 5.41) is 10.9. The summed E-state index contributed by atoms with van der Waals surface area (Å²) in [5.41, 5.74) is 2.29. The molecule has 120 valence electrons. The van der Waals surface area contributed by atoms with E-state index in [0.717, 1.165) is 11.1 Å². The van der Waals surface area contributed by atoms with Crippen LogP contribution in [0.4, 0.5) is 5.69 Å². The van der Waals surface area contributed by atoms with Gasteiger partial charge >= 0.3 is 5.97 Å². The Bertz CT molecular complexity index is 755. The molecule has 0 saturated carbocycles. The highest BCUT2D eigenvalue weighted by atomic mass is 16.6. The number of benzene rings is 2. The Morgan fingerprint density at radius 3 is 2.57 bits per heavy atom. The summed E-state index contributed by atoms with van der Waals surface area (Å²) in [6, 6.07) is 9.83. The van der Waals surface area contributed by atoms with Gasteiger partial charge in [-0.1, -0.05) is 17.7 Å². The molecule has 0 bridgehead atoms. The Balaban J connectivity index is 2.16. The standard InChI is InChI=1S/C17H17NO5/c1-11-4-7-16(22-3)14(8-11)10-23-17(19)13-6-5-12(2)15(9-13)18(20)21/h4-9H,10H2,1-3H3. The van der Waals surface area contributed by atoms with Crippen LogP contribution in [-0.4, -0.2) is 18.0 Å². The molecular formula is C17H17NO5. The molecular weight excluding hydrogens is 298 g/mol. The van der Waals surface area contributed by atoms with E-state index in [0.29, 0.717) is 11.3 Å². The van der Waals surface area contributed by atoms with E-state index in [1.807, 2.05) is 19.1 Å². The van der Waals surface area contributed by atoms with E-state index < -0.39 is 10.9 Å². The van der Waals surface area contributed by atoms with Crippen molar-refractivity contribution in [1.29, 1.82) is 0 Å². The minimum absolute atomic E-state index is 0.0331. The minimum atomic E-state index is -0.614. The lowest BCUT2D eigenvalue weighted by Gasteiger charge is -2.10. The quantitative estimate of drug-likeness (QED) is 0.479. The van der Waals surface area contributed by atoms with E-state index in [-0.39, 0.29) is 17.9 Å². The van der Waals surface area contributed by atoms with Crippen molar-refractivity contribution in [2.75, 3.05) is 7.11 Å². The number of rotatable bonds is 5. The molecule has 0 radical (unpaired) electrons. The number of hydrogen-bond donors (Lipinski definition) is 0. The average Bonchev–Trinajstić information content (AvgIpc) is 2.52. The number of ether oxygens (including phenoxy) is 2. The summed E-state index contributed by atoms with van der Waals surface area (Å²) in [5.74, 6) is 0.00921. The van der Waals surface area contributed by atoms with Crippen LogP contribution in [0.5, 0.6) is 5.75 Å². The molecule has 0 heterocycles. The minimum Gasteiger partial charge on any atom is -0.496 e. The van der Waals surface area contributed by atoms with Gasteiger partial charge in [-0.05, 0) is 32.0 Å². The van der Waals surface area contributed by atoms with Gasteiger partial charge in [0.25, 0.3) is 5.69 Å². The number of nitrogens with zero attached hydrogens (tertiary/aromatic N) is 1. The van der Waals surface area contributed by atoms with Gasteiger partial charge in [0, 0.05) is 17.2 Å². The van der Waals surface area contributed by atoms with Crippen LogP contribution in [-0.2, 0) is 11.3 Å². The molecule has 23 heavy (non-hydrogen) atoms. The van der Waals surface area contributed by atoms with Crippen LogP contribution >= 0.6 is 0 Å². The lowest BCUT2D eigenvalue weighted by atomic mass is 10.1. The summed E-state index contributed by atoms with van der Waals surface area (Å²) in [4.78, 5) is 22.5. The van der Waals surface area contributed by atoms with Crippen molar-refractivity contribution in [2.45, 2.75) is 20.5 Å². The van der Waals surface area contributed by atoms with Gasteiger partial charge in [-0.25, -0.2) is 4.79 Å². The average molecular weight is 315 g/mol. The first-order valence-electron chi connectivity index (χ1n) is 6.98. The molecule has 0 aliphatic carbocycles. The molecule has 0 aliphatic rings. The van der Waals surface area contributed by atoms with Crippen LogP contribution < -0.4 is 4.74 Å². The highest BCUT2D eigenvalue weighted by Gasteiger charge is 2.16. The fourth-order valence-electron chi connectivity index (χ4n) is 2.18. The smallest absolute Gasteiger partial charge is 0.338 e. The summed E-state index contributed by atoms with van der Waals surface area (Å²) in [7, 11) is 1.54. The van der Waals surface area contributed by atoms with Crippen molar-refractivity contribution in [3.63, 3.8) is 0 Å². The molecule has 0 saturated heterocycles. The molecule has 0 fully saturated rings. The third-order valence-corrected chi connectivity index (χ3v) is 3.44. The normalized spacial score (nSPS) is 10.2. The third-order valence-electron chi connectivity index (χ3n) is 3.44. The van der Waals surface area contributed by atoms with Gasteiger partial charge in [-0.15, -0.1) is 0 Å². The van der Waals surface area contributed by atoms with E-state index in [9.17, 15) is 14.9 Å². The summed E-state index contributed by atoms with van der Waals surface area (Å²) in [6.45, 7) is 3.57. The number of nitro groups is 1. The third kappa shape index (κ3) is 3.85. The molecule has 0 amide bonds. The SMILES string of the molecule is COc1ccc(C)cc1COC(=O)c1ccc(C)c([N+](=O)[O-])c1. The summed E-state index contributed by atoms with van der Waals surface area (Å²) < 4.78 is 10.5. The van der Waals surface area contributed by atoms with Gasteiger partial charge in [-0.2, -0.15) is 0 Å². The highest BCUT2D eigenvalue weighted by molar-refractivity contribution is 5.90. The molecule has 0 N–H and O–H groups in total. The zero-order chi connectivity index (χ0) is 17.0. The molecule has 6 nitrogen and oxygen atoms in total. The zero-order valence-electron chi connectivity index (χ0n) is 13.2. The van der Waals surface area contributed by atoms with Crippen molar-refractivity contribution >= 4 is 11.7 Å². The zero-order valence-corrected chi connectivity index (χ0v) is 13.2. The van der Waals surface area contributed by atoms with Gasteiger partial charge in [-0.3, -0.25) is 10.1 Å². The molecule has 0 unspecified atom stereocenters. The van der Waals surface area contributed by atoms with E-state index in [1.165, 1.54) is 18.2 Å². The Kier molecular flexibility index (Phi) is 4.95. The second kappa shape index (κ2) is 6.91. The topological polar surface area (TPSA) is 78.7 Å². The number of carbonyl (C=O) groups excluding carboxylic acids is 1. The van der Waals surface area contributed by atoms with E-state index >= 15 is 0 Å². The maximum atomic E-state index is 12.1. The molecule has 2 rings (SSSR count). The number of methoxy groups -OCH3 is 1. The Hall–Kier alpha value is -2.89. The number of aryl methyl sites for hydroxylation is 2. The van der Waals surface area contributed by atoms with Crippen LogP contribution in [0.3, 0.4) is 0 Å². The molecule has 0 spiro atoms. The van der Waals surface area contributed by atoms with Gasteiger partial charge in [0.05, 0.1) is 17.6 Å². The van der Waals surface area contributed by atoms with Crippen LogP contribution in [0.1, 0.15) is 27.0 Å². The number of esters is 1. The molecule has 0 atom stereocenters. The van der Waals surface area contributed by atoms with Crippen LogP contribution in [0, 0.1) is 24.0 Å². The van der Waals surface area contributed by atoms with Crippen molar-refractivity contribution in [3.8, 4) is 5.75 Å². The van der Waals surface area contributed by atoms with E-state index in [2.05, 4.69) is 0 Å². The maximum absolute atomic E-state index is 12.1. The number of hydrogen-bond acceptors (Lipinski definition) is 5. The van der Waals surface area contributed by atoms with Crippen LogP contribution in [0.15, 0.2) is 36.4 Å². The van der Waals surface area contributed by atoms with E-state index in [1.54, 1.807) is 20.1 Å². The predicted octanol–water partition coefficient (Wildman–Crippen LogP) is 3.58. The molecule has 0 aliphatic heterocycles. The van der Waals surface area contributed by atoms with E-state index in [4.69, 9.17) is 9.47 Å². The van der Waals surface area contributed by atoms with Gasteiger partial charge in [0.15, 0.2) is 0 Å². The van der Waals surface area contributed by atoms with Crippen molar-refractivity contribution in [2.24, 2.45) is 0 Å². The van der Waals surface area contributed by atoms with Gasteiger partial charge in [0.2, 0.25) is 0 Å². The van der Waals surface area contributed by atoms with Gasteiger partial charge < -0.3 is 9.47 Å². The number of nitro benzene ring substituents is 1. The Morgan fingerprint density at radius 1 is 1.17 bits per heavy atom. The lowest BCUT2D eigenvalue weighted by molar-refractivity contribution is -0.385. The summed E-state index contributed by atoms with van der Waals surface area (Å²) >= 11 is 0. The van der Waals surface area contributed by atoms with Crippen LogP contribution in [0.2, 0.25) is 0 Å². The molecule has 0 aromatic heterocycles. The number of carbonyl (C=O) groups is 1. The molecule has 2 aromatic rings.